The fourth-order valence-corrected chi connectivity index (χ4v) is 2.97. The number of fused-ring (bicyclic) bond motifs is 1. The summed E-state index contributed by atoms with van der Waals surface area (Å²) in [5.74, 6) is 0.229. The predicted molar refractivity (Wildman–Crippen MR) is 100 cm³/mol. The van der Waals surface area contributed by atoms with Crippen LogP contribution in [0.1, 0.15) is 10.6 Å². The SMILES string of the molecule is COc1cccc2cc(C(=O)Nc3cccc(N(C)S(C)(=O)=O)c3)oc12. The molecule has 3 rings (SSSR count). The van der Waals surface area contributed by atoms with E-state index in [1.807, 2.05) is 12.1 Å². The van der Waals surface area contributed by atoms with E-state index in [0.29, 0.717) is 22.7 Å². The van der Waals surface area contributed by atoms with Gasteiger partial charge in [-0.05, 0) is 30.3 Å². The lowest BCUT2D eigenvalue weighted by molar-refractivity contribution is 0.0998. The Labute approximate surface area is 151 Å². The molecule has 0 aliphatic carbocycles. The number of methoxy groups -OCH3 is 1. The number of carbonyl (C=O) groups is 1. The maximum Gasteiger partial charge on any atom is 0.291 e. The van der Waals surface area contributed by atoms with Crippen molar-refractivity contribution in [1.82, 2.24) is 0 Å². The number of sulfonamides is 1. The maximum atomic E-state index is 12.5. The van der Waals surface area contributed by atoms with Crippen molar-refractivity contribution < 1.29 is 22.4 Å². The highest BCUT2D eigenvalue weighted by Crippen LogP contribution is 2.29. The average Bonchev–Trinajstić information content (AvgIpc) is 3.05. The van der Waals surface area contributed by atoms with Gasteiger partial charge in [0.05, 0.1) is 19.1 Å². The number of rotatable bonds is 5. The molecule has 0 radical (unpaired) electrons. The summed E-state index contributed by atoms with van der Waals surface area (Å²) in [5.41, 5.74) is 1.39. The van der Waals surface area contributed by atoms with Crippen molar-refractivity contribution in [2.45, 2.75) is 0 Å². The zero-order chi connectivity index (χ0) is 18.9. The van der Waals surface area contributed by atoms with E-state index in [2.05, 4.69) is 5.32 Å². The number of ether oxygens (including phenoxy) is 1. The molecule has 2 aromatic carbocycles. The van der Waals surface area contributed by atoms with Crippen LogP contribution in [0.4, 0.5) is 11.4 Å². The molecule has 0 unspecified atom stereocenters. The third-order valence-corrected chi connectivity index (χ3v) is 5.12. The molecule has 0 spiro atoms. The minimum absolute atomic E-state index is 0.131. The molecule has 0 atom stereocenters. The van der Waals surface area contributed by atoms with E-state index >= 15 is 0 Å². The van der Waals surface area contributed by atoms with Crippen molar-refractivity contribution in [3.8, 4) is 5.75 Å². The normalized spacial score (nSPS) is 11.3. The van der Waals surface area contributed by atoms with Gasteiger partial charge in [-0.1, -0.05) is 18.2 Å². The largest absolute Gasteiger partial charge is 0.493 e. The first kappa shape index (κ1) is 17.8. The van der Waals surface area contributed by atoms with E-state index in [1.54, 1.807) is 36.4 Å². The second-order valence-electron chi connectivity index (χ2n) is 5.72. The van der Waals surface area contributed by atoms with E-state index in [9.17, 15) is 13.2 Å². The third kappa shape index (κ3) is 3.50. The fourth-order valence-electron chi connectivity index (χ4n) is 2.47. The Hall–Kier alpha value is -3.00. The predicted octanol–water partition coefficient (Wildman–Crippen LogP) is 3.09. The highest BCUT2D eigenvalue weighted by Gasteiger charge is 2.16. The van der Waals surface area contributed by atoms with Crippen LogP contribution >= 0.6 is 0 Å². The van der Waals surface area contributed by atoms with Gasteiger partial charge in [0.2, 0.25) is 10.0 Å². The topological polar surface area (TPSA) is 88.9 Å². The highest BCUT2D eigenvalue weighted by atomic mass is 32.2. The van der Waals surface area contributed by atoms with Crippen molar-refractivity contribution >= 4 is 38.3 Å². The van der Waals surface area contributed by atoms with Gasteiger partial charge in [0.1, 0.15) is 0 Å². The van der Waals surface area contributed by atoms with Gasteiger partial charge in [-0.25, -0.2) is 8.42 Å². The molecule has 1 aromatic heterocycles. The van der Waals surface area contributed by atoms with Gasteiger partial charge in [-0.3, -0.25) is 9.10 Å². The summed E-state index contributed by atoms with van der Waals surface area (Å²) in [5, 5.41) is 3.46. The van der Waals surface area contributed by atoms with E-state index in [1.165, 1.54) is 14.2 Å². The summed E-state index contributed by atoms with van der Waals surface area (Å²) >= 11 is 0. The van der Waals surface area contributed by atoms with Crippen LogP contribution in [0.5, 0.6) is 5.75 Å². The van der Waals surface area contributed by atoms with Crippen LogP contribution in [0.25, 0.3) is 11.0 Å². The number of anilines is 2. The van der Waals surface area contributed by atoms with Gasteiger partial charge in [-0.2, -0.15) is 0 Å². The van der Waals surface area contributed by atoms with Gasteiger partial charge < -0.3 is 14.5 Å². The lowest BCUT2D eigenvalue weighted by Gasteiger charge is -2.17. The van der Waals surface area contributed by atoms with Crippen LogP contribution in [0, 0.1) is 0 Å². The first-order valence-corrected chi connectivity index (χ1v) is 9.56. The number of carbonyl (C=O) groups excluding carboxylic acids is 1. The molecule has 1 N–H and O–H groups in total. The van der Waals surface area contributed by atoms with Crippen LogP contribution in [0.2, 0.25) is 0 Å². The number of para-hydroxylation sites is 1. The lowest BCUT2D eigenvalue weighted by Crippen LogP contribution is -2.24. The molecule has 0 fully saturated rings. The Bertz CT molecular complexity index is 1070. The number of amides is 1. The number of nitrogens with one attached hydrogen (secondary N) is 1. The number of nitrogens with zero attached hydrogens (tertiary/aromatic N) is 1. The molecule has 0 saturated carbocycles. The van der Waals surface area contributed by atoms with Crippen LogP contribution < -0.4 is 14.4 Å². The monoisotopic (exact) mass is 374 g/mol. The maximum absolute atomic E-state index is 12.5. The summed E-state index contributed by atoms with van der Waals surface area (Å²) < 4.78 is 35.3. The first-order chi connectivity index (χ1) is 12.3. The Morgan fingerprint density at radius 2 is 1.88 bits per heavy atom. The molecule has 7 nitrogen and oxygen atoms in total. The first-order valence-electron chi connectivity index (χ1n) is 7.71. The Balaban J connectivity index is 1.87. The second-order valence-corrected chi connectivity index (χ2v) is 7.74. The van der Waals surface area contributed by atoms with Crippen LogP contribution in [0.3, 0.4) is 0 Å². The van der Waals surface area contributed by atoms with E-state index in [0.717, 1.165) is 15.9 Å². The zero-order valence-electron chi connectivity index (χ0n) is 14.5. The molecule has 1 heterocycles. The number of hydrogen-bond acceptors (Lipinski definition) is 5. The van der Waals surface area contributed by atoms with E-state index in [4.69, 9.17) is 9.15 Å². The molecule has 0 saturated heterocycles. The van der Waals surface area contributed by atoms with E-state index in [-0.39, 0.29) is 5.76 Å². The minimum atomic E-state index is -3.39. The van der Waals surface area contributed by atoms with Crippen molar-refractivity contribution in [2.24, 2.45) is 0 Å². The van der Waals surface area contributed by atoms with E-state index < -0.39 is 15.9 Å². The molecular weight excluding hydrogens is 356 g/mol. The smallest absolute Gasteiger partial charge is 0.291 e. The minimum Gasteiger partial charge on any atom is -0.493 e. The number of hydrogen-bond donors (Lipinski definition) is 1. The summed E-state index contributed by atoms with van der Waals surface area (Å²) in [7, 11) is -0.415. The van der Waals surface area contributed by atoms with Gasteiger partial charge in [0, 0.05) is 18.1 Å². The zero-order valence-corrected chi connectivity index (χ0v) is 15.3. The van der Waals surface area contributed by atoms with Crippen molar-refractivity contribution in [2.75, 3.05) is 30.0 Å². The third-order valence-electron chi connectivity index (χ3n) is 3.92. The number of benzene rings is 2. The average molecular weight is 374 g/mol. The molecule has 0 bridgehead atoms. The quantitative estimate of drug-likeness (QED) is 0.741. The van der Waals surface area contributed by atoms with Crippen LogP contribution in [-0.4, -0.2) is 34.7 Å². The molecule has 0 aliphatic heterocycles. The standard InChI is InChI=1S/C18H18N2O5S/c1-20(26(3,22)23)14-8-5-7-13(11-14)19-18(21)16-10-12-6-4-9-15(24-2)17(12)25-16/h4-11H,1-3H3,(H,19,21). The van der Waals surface area contributed by atoms with Crippen molar-refractivity contribution in [3.05, 3.63) is 54.3 Å². The highest BCUT2D eigenvalue weighted by molar-refractivity contribution is 7.92. The van der Waals surface area contributed by atoms with Crippen LogP contribution in [-0.2, 0) is 10.0 Å². The molecule has 8 heteroatoms. The molecule has 3 aromatic rings. The van der Waals surface area contributed by atoms with Crippen molar-refractivity contribution in [3.63, 3.8) is 0 Å². The number of furan rings is 1. The molecule has 0 aliphatic rings. The second kappa shape index (κ2) is 6.72. The Morgan fingerprint density at radius 3 is 2.58 bits per heavy atom. The lowest BCUT2D eigenvalue weighted by atomic mass is 10.2. The Kier molecular flexibility index (Phi) is 4.60. The Morgan fingerprint density at radius 1 is 1.15 bits per heavy atom. The molecule has 1 amide bonds. The van der Waals surface area contributed by atoms with Crippen molar-refractivity contribution in [1.29, 1.82) is 0 Å². The summed E-state index contributed by atoms with van der Waals surface area (Å²) in [6, 6.07) is 13.5. The van der Waals surface area contributed by atoms with Gasteiger partial charge in [0.25, 0.3) is 5.91 Å². The van der Waals surface area contributed by atoms with Gasteiger partial charge >= 0.3 is 0 Å². The van der Waals surface area contributed by atoms with Gasteiger partial charge in [0.15, 0.2) is 17.1 Å². The summed E-state index contributed by atoms with van der Waals surface area (Å²) in [6.45, 7) is 0. The fraction of sp³-hybridized carbons (Fsp3) is 0.167. The molecule has 136 valence electrons. The van der Waals surface area contributed by atoms with Gasteiger partial charge in [-0.15, -0.1) is 0 Å². The summed E-state index contributed by atoms with van der Waals surface area (Å²) in [4.78, 5) is 12.5. The molecule has 26 heavy (non-hydrogen) atoms. The van der Waals surface area contributed by atoms with Crippen LogP contribution in [0.15, 0.2) is 52.9 Å². The summed E-state index contributed by atoms with van der Waals surface area (Å²) in [6.07, 6.45) is 1.11. The molecular formula is C18H18N2O5S.